The van der Waals surface area contributed by atoms with Crippen LogP contribution in [-0.4, -0.2) is 45.9 Å². The van der Waals surface area contributed by atoms with E-state index in [1.165, 1.54) is 0 Å². The molecule has 2 aromatic heterocycles. The number of nitrogens with zero attached hydrogens (tertiary/aromatic N) is 5. The van der Waals surface area contributed by atoms with Crippen molar-refractivity contribution in [3.8, 4) is 5.75 Å². The zero-order chi connectivity index (χ0) is 18.8. The Balaban J connectivity index is 1.49. The molecular formula is C18H19ClN6O2. The van der Waals surface area contributed by atoms with Gasteiger partial charge in [-0.05, 0) is 43.2 Å². The van der Waals surface area contributed by atoms with E-state index in [-0.39, 0.29) is 11.8 Å². The third-order valence-corrected chi connectivity index (χ3v) is 4.92. The van der Waals surface area contributed by atoms with E-state index in [0.717, 1.165) is 25.2 Å². The maximum atomic E-state index is 12.8. The number of hydrogen-bond donors (Lipinski definition) is 1. The van der Waals surface area contributed by atoms with Crippen molar-refractivity contribution in [2.45, 2.75) is 12.8 Å². The summed E-state index contributed by atoms with van der Waals surface area (Å²) < 4.78 is 6.94. The first-order chi connectivity index (χ1) is 13.1. The Hall–Kier alpha value is -2.87. The van der Waals surface area contributed by atoms with Gasteiger partial charge in [-0.1, -0.05) is 11.6 Å². The number of anilines is 2. The summed E-state index contributed by atoms with van der Waals surface area (Å²) in [6.07, 6.45) is 3.30. The van der Waals surface area contributed by atoms with Gasteiger partial charge in [0.15, 0.2) is 5.65 Å². The number of hydrogen-bond acceptors (Lipinski definition) is 6. The second-order valence-electron chi connectivity index (χ2n) is 6.44. The topological polar surface area (TPSA) is 84.6 Å². The van der Waals surface area contributed by atoms with Gasteiger partial charge >= 0.3 is 0 Å². The van der Waals surface area contributed by atoms with Crippen LogP contribution in [-0.2, 0) is 4.79 Å². The smallest absolute Gasteiger partial charge is 0.229 e. The van der Waals surface area contributed by atoms with Crippen molar-refractivity contribution in [2.75, 3.05) is 30.4 Å². The molecule has 1 amide bonds. The first-order valence-electron chi connectivity index (χ1n) is 8.70. The molecule has 9 heteroatoms. The van der Waals surface area contributed by atoms with Crippen LogP contribution in [0.2, 0.25) is 5.02 Å². The molecule has 3 aromatic rings. The fraction of sp³-hybridized carbons (Fsp3) is 0.333. The molecule has 1 aromatic carbocycles. The van der Waals surface area contributed by atoms with E-state index in [2.05, 4.69) is 25.5 Å². The number of carbonyl (C=O) groups is 1. The van der Waals surface area contributed by atoms with Crippen molar-refractivity contribution in [1.29, 1.82) is 0 Å². The van der Waals surface area contributed by atoms with Crippen molar-refractivity contribution in [3.05, 3.63) is 41.7 Å². The van der Waals surface area contributed by atoms with Crippen LogP contribution in [0.25, 0.3) is 5.65 Å². The lowest BCUT2D eigenvalue weighted by Crippen LogP contribution is -2.41. The van der Waals surface area contributed by atoms with E-state index >= 15 is 0 Å². The van der Waals surface area contributed by atoms with E-state index in [1.54, 1.807) is 36.2 Å². The van der Waals surface area contributed by atoms with E-state index in [9.17, 15) is 4.79 Å². The molecule has 0 aliphatic carbocycles. The molecule has 0 radical (unpaired) electrons. The van der Waals surface area contributed by atoms with Gasteiger partial charge in [-0.3, -0.25) is 4.79 Å². The zero-order valence-electron chi connectivity index (χ0n) is 14.8. The number of benzene rings is 1. The van der Waals surface area contributed by atoms with Crippen molar-refractivity contribution in [1.82, 2.24) is 19.8 Å². The fourth-order valence-electron chi connectivity index (χ4n) is 3.30. The van der Waals surface area contributed by atoms with Crippen LogP contribution in [0.3, 0.4) is 0 Å². The number of amides is 1. The van der Waals surface area contributed by atoms with Crippen molar-refractivity contribution in [3.63, 3.8) is 0 Å². The summed E-state index contributed by atoms with van der Waals surface area (Å²) >= 11 is 6.05. The lowest BCUT2D eigenvalue weighted by Gasteiger charge is -2.32. The second-order valence-corrected chi connectivity index (χ2v) is 6.88. The molecule has 8 nitrogen and oxygen atoms in total. The van der Waals surface area contributed by atoms with E-state index in [0.29, 0.717) is 28.7 Å². The minimum absolute atomic E-state index is 0.0503. The van der Waals surface area contributed by atoms with Gasteiger partial charge in [0.25, 0.3) is 0 Å². The number of piperidine rings is 1. The van der Waals surface area contributed by atoms with Gasteiger partial charge in [-0.2, -0.15) is 4.52 Å². The summed E-state index contributed by atoms with van der Waals surface area (Å²) in [5.41, 5.74) is 1.27. The fourth-order valence-corrected chi connectivity index (χ4v) is 3.47. The molecular weight excluding hydrogens is 368 g/mol. The van der Waals surface area contributed by atoms with Gasteiger partial charge < -0.3 is 15.0 Å². The van der Waals surface area contributed by atoms with Gasteiger partial charge in [0, 0.05) is 18.1 Å². The maximum Gasteiger partial charge on any atom is 0.229 e. The maximum absolute atomic E-state index is 12.8. The number of aromatic nitrogens is 4. The van der Waals surface area contributed by atoms with Crippen LogP contribution in [0.1, 0.15) is 12.8 Å². The lowest BCUT2D eigenvalue weighted by molar-refractivity contribution is -0.120. The number of methoxy groups -OCH3 is 1. The molecule has 4 rings (SSSR count). The predicted octanol–water partition coefficient (Wildman–Crippen LogP) is 2.64. The van der Waals surface area contributed by atoms with Crippen LogP contribution < -0.4 is 15.0 Å². The normalized spacial score (nSPS) is 17.1. The zero-order valence-corrected chi connectivity index (χ0v) is 15.6. The van der Waals surface area contributed by atoms with Crippen LogP contribution in [0.5, 0.6) is 5.75 Å². The molecule has 0 bridgehead atoms. The molecule has 1 saturated heterocycles. The summed E-state index contributed by atoms with van der Waals surface area (Å²) in [6.45, 7) is 1.44. The quantitative estimate of drug-likeness (QED) is 0.742. The number of fused-ring (bicyclic) bond motifs is 1. The molecule has 1 aliphatic heterocycles. The third-order valence-electron chi connectivity index (χ3n) is 4.68. The molecule has 1 atom stereocenters. The molecule has 140 valence electrons. The van der Waals surface area contributed by atoms with Crippen LogP contribution in [0, 0.1) is 5.92 Å². The van der Waals surface area contributed by atoms with Gasteiger partial charge in [-0.15, -0.1) is 15.3 Å². The van der Waals surface area contributed by atoms with Crippen LogP contribution in [0.15, 0.2) is 36.7 Å². The Labute approximate surface area is 161 Å². The first-order valence-corrected chi connectivity index (χ1v) is 9.08. The lowest BCUT2D eigenvalue weighted by atomic mass is 9.97. The molecule has 0 unspecified atom stereocenters. The van der Waals surface area contributed by atoms with Crippen LogP contribution >= 0.6 is 11.6 Å². The molecule has 1 fully saturated rings. The summed E-state index contributed by atoms with van der Waals surface area (Å²) in [5, 5.41) is 15.8. The largest absolute Gasteiger partial charge is 0.495 e. The van der Waals surface area contributed by atoms with Gasteiger partial charge in [-0.25, -0.2) is 0 Å². The number of rotatable bonds is 4. The minimum Gasteiger partial charge on any atom is -0.495 e. The Bertz CT molecular complexity index is 975. The Morgan fingerprint density at radius 1 is 1.33 bits per heavy atom. The minimum atomic E-state index is -0.152. The predicted molar refractivity (Wildman–Crippen MR) is 102 cm³/mol. The highest BCUT2D eigenvalue weighted by atomic mass is 35.5. The van der Waals surface area contributed by atoms with Gasteiger partial charge in [0.2, 0.25) is 5.91 Å². The second kappa shape index (κ2) is 7.40. The Morgan fingerprint density at radius 2 is 2.22 bits per heavy atom. The number of halogens is 1. The number of nitrogens with one attached hydrogen (secondary N) is 1. The van der Waals surface area contributed by atoms with E-state index in [4.69, 9.17) is 16.3 Å². The Morgan fingerprint density at radius 3 is 3.07 bits per heavy atom. The highest BCUT2D eigenvalue weighted by Gasteiger charge is 2.27. The number of carbonyl (C=O) groups excluding carboxylic acids is 1. The van der Waals surface area contributed by atoms with E-state index < -0.39 is 0 Å². The molecule has 1 N–H and O–H groups in total. The molecule has 0 saturated carbocycles. The highest BCUT2D eigenvalue weighted by molar-refractivity contribution is 6.31. The van der Waals surface area contributed by atoms with Crippen molar-refractivity contribution >= 4 is 34.7 Å². The molecule has 1 aliphatic rings. The summed E-state index contributed by atoms with van der Waals surface area (Å²) in [7, 11) is 1.56. The molecule has 27 heavy (non-hydrogen) atoms. The van der Waals surface area contributed by atoms with Crippen molar-refractivity contribution in [2.24, 2.45) is 5.92 Å². The molecule has 3 heterocycles. The average molecular weight is 387 g/mol. The van der Waals surface area contributed by atoms with Crippen molar-refractivity contribution < 1.29 is 9.53 Å². The SMILES string of the molecule is COc1ccc(Cl)cc1NC(=O)[C@@H]1CCCN(c2ccc3nncn3n2)C1. The highest BCUT2D eigenvalue weighted by Crippen LogP contribution is 2.29. The monoisotopic (exact) mass is 386 g/mol. The van der Waals surface area contributed by atoms with Crippen LogP contribution in [0.4, 0.5) is 11.5 Å². The molecule has 0 spiro atoms. The number of ether oxygens (including phenoxy) is 1. The Kier molecular flexibility index (Phi) is 4.81. The average Bonchev–Trinajstić information content (AvgIpc) is 3.16. The third kappa shape index (κ3) is 3.66. The summed E-state index contributed by atoms with van der Waals surface area (Å²) in [5.74, 6) is 1.19. The standard InChI is InChI=1S/C18H19ClN6O2/c1-27-15-5-4-13(19)9-14(15)21-18(26)12-3-2-8-24(10-12)17-7-6-16-22-20-11-25(16)23-17/h4-7,9,11-12H,2-3,8,10H2,1H3,(H,21,26)/t12-/m1/s1. The van der Waals surface area contributed by atoms with Gasteiger partial charge in [0.1, 0.15) is 17.9 Å². The van der Waals surface area contributed by atoms with Gasteiger partial charge in [0.05, 0.1) is 18.7 Å². The summed E-state index contributed by atoms with van der Waals surface area (Å²) in [6, 6.07) is 8.94. The van der Waals surface area contributed by atoms with E-state index in [1.807, 2.05) is 12.1 Å². The summed E-state index contributed by atoms with van der Waals surface area (Å²) in [4.78, 5) is 14.9. The first kappa shape index (κ1) is 17.5.